The van der Waals surface area contributed by atoms with E-state index in [1.165, 1.54) is 31.4 Å². The summed E-state index contributed by atoms with van der Waals surface area (Å²) >= 11 is 0. The van der Waals surface area contributed by atoms with E-state index >= 15 is 0 Å². The van der Waals surface area contributed by atoms with Crippen LogP contribution >= 0.6 is 0 Å². The lowest BCUT2D eigenvalue weighted by molar-refractivity contribution is 0.676. The topological polar surface area (TPSA) is 27.6 Å². The third kappa shape index (κ3) is 8.30. The Bertz CT molecular complexity index is 470. The largest absolute Gasteiger partial charge is 0.378 e. The van der Waals surface area contributed by atoms with Crippen molar-refractivity contribution in [3.05, 3.63) is 48.7 Å². The summed E-state index contributed by atoms with van der Waals surface area (Å²) in [6.45, 7) is 3.16. The van der Waals surface area contributed by atoms with Crippen molar-refractivity contribution in [2.75, 3.05) is 30.9 Å². The van der Waals surface area contributed by atoms with E-state index in [1.54, 1.807) is 0 Å². The van der Waals surface area contributed by atoms with Gasteiger partial charge in [0, 0.05) is 44.4 Å². The molecule has 1 N–H and O–H groups in total. The number of nitrogens with one attached hydrogen (secondary N) is 1. The molecule has 22 heavy (non-hydrogen) atoms. The van der Waals surface area contributed by atoms with Crippen molar-refractivity contribution in [2.45, 2.75) is 32.6 Å². The molecule has 3 nitrogen and oxygen atoms in total. The zero-order valence-electron chi connectivity index (χ0n) is 14.1. The Morgan fingerprint density at radius 3 is 2.45 bits per heavy atom. The standard InChI is InChI=1S/C19H29N3/c1-4-5-6-8-15-20-16-9-7-10-17-21-18-11-13-19(14-12-18)22(2)3/h7,9-14,16-17,21H,4-6,8,15H2,1-3H3/b9-7-,17-10+,20-16+. The van der Waals surface area contributed by atoms with E-state index in [4.69, 9.17) is 0 Å². The first-order valence-corrected chi connectivity index (χ1v) is 8.09. The monoisotopic (exact) mass is 299 g/mol. The fraction of sp³-hybridized carbons (Fsp3) is 0.421. The van der Waals surface area contributed by atoms with Crippen LogP contribution in [0.4, 0.5) is 11.4 Å². The van der Waals surface area contributed by atoms with Crippen LogP contribution in [0, 0.1) is 0 Å². The Balaban J connectivity index is 2.20. The van der Waals surface area contributed by atoms with Crippen LogP contribution in [0.25, 0.3) is 0 Å². The minimum atomic E-state index is 0.935. The van der Waals surface area contributed by atoms with Gasteiger partial charge in [-0.2, -0.15) is 0 Å². The number of hydrogen-bond acceptors (Lipinski definition) is 3. The van der Waals surface area contributed by atoms with Gasteiger partial charge in [-0.15, -0.1) is 0 Å². The van der Waals surface area contributed by atoms with E-state index in [1.807, 2.05) is 44.7 Å². The highest BCUT2D eigenvalue weighted by Gasteiger charge is 1.93. The molecule has 0 heterocycles. The molecule has 120 valence electrons. The lowest BCUT2D eigenvalue weighted by atomic mass is 10.2. The fourth-order valence-electron chi connectivity index (χ4n) is 1.93. The van der Waals surface area contributed by atoms with Gasteiger partial charge in [0.2, 0.25) is 0 Å². The average Bonchev–Trinajstić information content (AvgIpc) is 2.53. The molecule has 0 saturated heterocycles. The van der Waals surface area contributed by atoms with E-state index < -0.39 is 0 Å². The molecular weight excluding hydrogens is 270 g/mol. The molecule has 0 spiro atoms. The Morgan fingerprint density at radius 1 is 1.00 bits per heavy atom. The average molecular weight is 299 g/mol. The van der Waals surface area contributed by atoms with Gasteiger partial charge < -0.3 is 10.2 Å². The van der Waals surface area contributed by atoms with E-state index in [0.717, 1.165) is 12.2 Å². The second-order valence-electron chi connectivity index (χ2n) is 5.45. The van der Waals surface area contributed by atoms with Gasteiger partial charge in [-0.05, 0) is 42.8 Å². The van der Waals surface area contributed by atoms with Crippen molar-refractivity contribution in [3.63, 3.8) is 0 Å². The summed E-state index contributed by atoms with van der Waals surface area (Å²) in [4.78, 5) is 6.44. The van der Waals surface area contributed by atoms with Crippen molar-refractivity contribution < 1.29 is 0 Å². The molecule has 3 heteroatoms. The lowest BCUT2D eigenvalue weighted by Gasteiger charge is -2.12. The molecule has 0 unspecified atom stereocenters. The van der Waals surface area contributed by atoms with Crippen LogP contribution in [0.2, 0.25) is 0 Å². The van der Waals surface area contributed by atoms with Crippen LogP contribution < -0.4 is 10.2 Å². The highest BCUT2D eigenvalue weighted by molar-refractivity contribution is 5.71. The maximum atomic E-state index is 4.35. The van der Waals surface area contributed by atoms with Crippen molar-refractivity contribution in [3.8, 4) is 0 Å². The van der Waals surface area contributed by atoms with Crippen molar-refractivity contribution in [2.24, 2.45) is 4.99 Å². The third-order valence-electron chi connectivity index (χ3n) is 3.28. The van der Waals surface area contributed by atoms with Crippen molar-refractivity contribution >= 4 is 17.6 Å². The van der Waals surface area contributed by atoms with Gasteiger partial charge in [0.1, 0.15) is 0 Å². The van der Waals surface area contributed by atoms with E-state index in [9.17, 15) is 0 Å². The van der Waals surface area contributed by atoms with Crippen LogP contribution in [0.3, 0.4) is 0 Å². The van der Waals surface area contributed by atoms with Gasteiger partial charge in [0.05, 0.1) is 0 Å². The van der Waals surface area contributed by atoms with Gasteiger partial charge in [-0.25, -0.2) is 0 Å². The second kappa shape index (κ2) is 11.6. The molecule has 0 aliphatic rings. The Morgan fingerprint density at radius 2 is 1.77 bits per heavy atom. The number of allylic oxidation sites excluding steroid dienone is 3. The highest BCUT2D eigenvalue weighted by atomic mass is 15.1. The second-order valence-corrected chi connectivity index (χ2v) is 5.45. The minimum absolute atomic E-state index is 0.935. The summed E-state index contributed by atoms with van der Waals surface area (Å²) in [5, 5.41) is 3.24. The first-order chi connectivity index (χ1) is 10.7. The van der Waals surface area contributed by atoms with Crippen molar-refractivity contribution in [1.29, 1.82) is 0 Å². The van der Waals surface area contributed by atoms with Gasteiger partial charge >= 0.3 is 0 Å². The quantitative estimate of drug-likeness (QED) is 0.378. The van der Waals surface area contributed by atoms with Crippen LogP contribution in [-0.4, -0.2) is 26.9 Å². The van der Waals surface area contributed by atoms with E-state index in [-0.39, 0.29) is 0 Å². The zero-order valence-corrected chi connectivity index (χ0v) is 14.1. The SMILES string of the molecule is CCCCCC/N=C/C=C\C=C\Nc1ccc(N(C)C)cc1. The molecule has 0 amide bonds. The summed E-state index contributed by atoms with van der Waals surface area (Å²) in [5.74, 6) is 0. The highest BCUT2D eigenvalue weighted by Crippen LogP contribution is 2.15. The van der Waals surface area contributed by atoms with Gasteiger partial charge in [-0.1, -0.05) is 32.3 Å². The number of nitrogens with zero attached hydrogens (tertiary/aromatic N) is 2. The van der Waals surface area contributed by atoms with Gasteiger partial charge in [0.15, 0.2) is 0 Å². The normalized spacial score (nSPS) is 11.8. The van der Waals surface area contributed by atoms with Crippen LogP contribution in [0.5, 0.6) is 0 Å². The number of aliphatic imine (C=N–C) groups is 1. The van der Waals surface area contributed by atoms with Gasteiger partial charge in [-0.3, -0.25) is 4.99 Å². The molecule has 0 aromatic heterocycles. The van der Waals surface area contributed by atoms with Crippen molar-refractivity contribution in [1.82, 2.24) is 0 Å². The smallest absolute Gasteiger partial charge is 0.0389 e. The lowest BCUT2D eigenvalue weighted by Crippen LogP contribution is -2.08. The number of unbranched alkanes of at least 4 members (excludes halogenated alkanes) is 3. The summed E-state index contributed by atoms with van der Waals surface area (Å²) < 4.78 is 0. The molecule has 0 fully saturated rings. The van der Waals surface area contributed by atoms with E-state index in [2.05, 4.69) is 46.4 Å². The summed E-state index contributed by atoms with van der Waals surface area (Å²) in [5.41, 5.74) is 2.28. The number of anilines is 2. The fourth-order valence-corrected chi connectivity index (χ4v) is 1.93. The van der Waals surface area contributed by atoms with E-state index in [0.29, 0.717) is 0 Å². The van der Waals surface area contributed by atoms with Gasteiger partial charge in [0.25, 0.3) is 0 Å². The van der Waals surface area contributed by atoms with Crippen LogP contribution in [0.15, 0.2) is 53.7 Å². The maximum Gasteiger partial charge on any atom is 0.0389 e. The first kappa shape index (κ1) is 18.0. The molecule has 1 aromatic carbocycles. The molecular formula is C19H29N3. The molecule has 0 atom stereocenters. The van der Waals surface area contributed by atoms with Crippen LogP contribution in [0.1, 0.15) is 32.6 Å². The molecule has 0 aliphatic heterocycles. The molecule has 0 bridgehead atoms. The summed E-state index contributed by atoms with van der Waals surface area (Å²) in [7, 11) is 4.08. The molecule has 0 radical (unpaired) electrons. The first-order valence-electron chi connectivity index (χ1n) is 8.09. The summed E-state index contributed by atoms with van der Waals surface area (Å²) in [6, 6.07) is 8.33. The number of benzene rings is 1. The number of rotatable bonds is 10. The molecule has 1 aromatic rings. The minimum Gasteiger partial charge on any atom is -0.378 e. The maximum absolute atomic E-state index is 4.35. The molecule has 0 aliphatic carbocycles. The predicted octanol–water partition coefficient (Wildman–Crippen LogP) is 4.89. The Kier molecular flexibility index (Phi) is 9.51. The predicted molar refractivity (Wildman–Crippen MR) is 100 cm³/mol. The zero-order chi connectivity index (χ0) is 16.0. The third-order valence-corrected chi connectivity index (χ3v) is 3.28. The van der Waals surface area contributed by atoms with Crippen LogP contribution in [-0.2, 0) is 0 Å². The summed E-state index contributed by atoms with van der Waals surface area (Å²) in [6.07, 6.45) is 14.8. The molecule has 0 saturated carbocycles. The Labute approximate surface area is 135 Å². The Hall–Kier alpha value is -2.03. The number of hydrogen-bond donors (Lipinski definition) is 1. The molecule has 1 rings (SSSR count).